The summed E-state index contributed by atoms with van der Waals surface area (Å²) in [5.41, 5.74) is 0.249. The lowest BCUT2D eigenvalue weighted by atomic mass is 9.49. The van der Waals surface area contributed by atoms with Crippen LogP contribution < -0.4 is 5.43 Å². The molecule has 4 amide bonds. The van der Waals surface area contributed by atoms with Crippen molar-refractivity contribution >= 4 is 58.6 Å². The zero-order chi connectivity index (χ0) is 37.4. The number of alkyl halides is 3. The van der Waals surface area contributed by atoms with Gasteiger partial charge in [0.2, 0.25) is 11.8 Å². The normalized spacial score (nSPS) is 27.0. The summed E-state index contributed by atoms with van der Waals surface area (Å²) in [6, 6.07) is 10.0. The number of nitrogens with zero attached hydrogens (tertiary/aromatic N) is 3. The molecule has 0 radical (unpaired) electrons. The number of aromatic hydroxyl groups is 1. The van der Waals surface area contributed by atoms with Crippen molar-refractivity contribution in [1.29, 1.82) is 0 Å². The van der Waals surface area contributed by atoms with Crippen LogP contribution in [0, 0.1) is 29.5 Å². The third-order valence-electron chi connectivity index (χ3n) is 10.5. The molecule has 52 heavy (non-hydrogen) atoms. The molecule has 0 unspecified atom stereocenters. The maximum atomic E-state index is 15.2. The molecule has 17 heteroatoms. The molecule has 2 saturated heterocycles. The molecule has 2 aliphatic heterocycles. The largest absolute Gasteiger partial charge is 0.505 e. The van der Waals surface area contributed by atoms with Crippen LogP contribution in [0.1, 0.15) is 41.9 Å². The zero-order valence-electron chi connectivity index (χ0n) is 26.5. The zero-order valence-corrected chi connectivity index (χ0v) is 28.0. The summed E-state index contributed by atoms with van der Waals surface area (Å²) >= 11 is 12.4. The molecule has 6 atom stereocenters. The van der Waals surface area contributed by atoms with Crippen LogP contribution in [0.5, 0.6) is 5.75 Å². The standard InChI is InChI=1S/C35H26Cl2F4N4O7/c36-18-4-2-16(3-5-18)34-22(31(50)45(33(34)52)43-29-23(37)12-17(14-42-29)35(39,40)41)13-21-19(28(34)15-1-8-25(46)24(38)11-15)6-7-20-27(21)32(51)44(30(20)49)10-9-26(47)48/h1-6,8,11-12,14,20-22,27-28,46H,7,9-10,13H2,(H,42,43)(H,47,48)/t20-,21+,22-,27-,28-,34+/m0/s1. The summed E-state index contributed by atoms with van der Waals surface area (Å²) in [7, 11) is 0. The minimum atomic E-state index is -4.79. The molecule has 270 valence electrons. The molecular weight excluding hydrogens is 735 g/mol. The second kappa shape index (κ2) is 12.6. The average molecular weight is 762 g/mol. The lowest BCUT2D eigenvalue weighted by molar-refractivity contribution is -0.143. The number of hydrogen-bond donors (Lipinski definition) is 3. The third-order valence-corrected chi connectivity index (χ3v) is 11.0. The van der Waals surface area contributed by atoms with Crippen molar-refractivity contribution in [3.63, 3.8) is 0 Å². The number of pyridine rings is 1. The average Bonchev–Trinajstić information content (AvgIpc) is 3.46. The first kappa shape index (κ1) is 35.4. The van der Waals surface area contributed by atoms with Crippen LogP contribution in [0.2, 0.25) is 10.0 Å². The maximum Gasteiger partial charge on any atom is 0.417 e. The number of phenols is 1. The highest BCUT2D eigenvalue weighted by Gasteiger charge is 2.70. The van der Waals surface area contributed by atoms with Gasteiger partial charge in [0, 0.05) is 23.7 Å². The number of benzene rings is 2. The van der Waals surface area contributed by atoms with Crippen LogP contribution in [-0.4, -0.2) is 61.2 Å². The number of carbonyl (C=O) groups excluding carboxylic acids is 4. The number of aromatic nitrogens is 1. The second-order valence-electron chi connectivity index (χ2n) is 13.1. The summed E-state index contributed by atoms with van der Waals surface area (Å²) in [6.07, 6.45) is -3.30. The van der Waals surface area contributed by atoms with Gasteiger partial charge in [-0.1, -0.05) is 53.1 Å². The Bertz CT molecular complexity index is 2100. The van der Waals surface area contributed by atoms with E-state index in [0.29, 0.717) is 22.8 Å². The number of aliphatic carboxylic acids is 1. The number of nitrogens with one attached hydrogen (secondary N) is 1. The number of carboxylic acids is 1. The first-order valence-electron chi connectivity index (χ1n) is 15.9. The molecule has 11 nitrogen and oxygen atoms in total. The van der Waals surface area contributed by atoms with Crippen molar-refractivity contribution in [2.24, 2.45) is 23.7 Å². The Kier molecular flexibility index (Phi) is 8.56. The number of imide groups is 2. The fourth-order valence-electron chi connectivity index (χ4n) is 8.35. The van der Waals surface area contributed by atoms with Gasteiger partial charge in [0.1, 0.15) is 0 Å². The molecule has 7 rings (SSSR count). The topological polar surface area (TPSA) is 157 Å². The highest BCUT2D eigenvalue weighted by Crippen LogP contribution is 2.64. The van der Waals surface area contributed by atoms with Crippen LogP contribution in [0.15, 0.2) is 66.4 Å². The molecule has 1 aromatic heterocycles. The van der Waals surface area contributed by atoms with E-state index in [2.05, 4.69) is 10.4 Å². The van der Waals surface area contributed by atoms with Gasteiger partial charge in [0.05, 0.1) is 40.2 Å². The highest BCUT2D eigenvalue weighted by molar-refractivity contribution is 6.33. The molecule has 3 N–H and O–H groups in total. The van der Waals surface area contributed by atoms with Crippen molar-refractivity contribution in [3.8, 4) is 5.75 Å². The number of hydrogen-bond acceptors (Lipinski definition) is 8. The number of hydrazine groups is 1. The Labute approximate surface area is 301 Å². The van der Waals surface area contributed by atoms with Gasteiger partial charge in [-0.3, -0.25) is 34.3 Å². The fraction of sp³-hybridized carbons (Fsp3) is 0.314. The molecule has 0 bridgehead atoms. The number of rotatable bonds is 7. The lowest BCUT2D eigenvalue weighted by Crippen LogP contribution is -2.53. The third kappa shape index (κ3) is 5.40. The molecule has 1 saturated carbocycles. The predicted octanol–water partition coefficient (Wildman–Crippen LogP) is 5.71. The van der Waals surface area contributed by atoms with Gasteiger partial charge in [0.15, 0.2) is 17.4 Å². The Morgan fingerprint density at radius 2 is 1.71 bits per heavy atom. The summed E-state index contributed by atoms with van der Waals surface area (Å²) in [4.78, 5) is 73.0. The Balaban J connectivity index is 1.41. The Hall–Kier alpha value is -5.02. The Morgan fingerprint density at radius 3 is 2.35 bits per heavy atom. The van der Waals surface area contributed by atoms with Gasteiger partial charge < -0.3 is 10.2 Å². The molecular formula is C35H26Cl2F4N4O7. The summed E-state index contributed by atoms with van der Waals surface area (Å²) in [5.74, 6) is -11.8. The SMILES string of the molecule is O=C(O)CCN1C(=O)[C@H]2[C@H](CC=C3[C@H]2C[C@H]2C(=O)N(Nc4ncc(C(F)(F)F)cc4Cl)C(=O)[C@@]2(c2ccc(Cl)cc2)[C@H]3c2ccc(O)c(F)c2)C1=O. The first-order chi connectivity index (χ1) is 24.5. The van der Waals surface area contributed by atoms with Crippen molar-refractivity contribution < 1.29 is 51.7 Å². The van der Waals surface area contributed by atoms with Crippen molar-refractivity contribution in [3.05, 3.63) is 98.9 Å². The molecule has 2 aromatic carbocycles. The minimum absolute atomic E-state index is 0.0122. The quantitative estimate of drug-likeness (QED) is 0.156. The fourth-order valence-corrected chi connectivity index (χ4v) is 8.69. The number of allylic oxidation sites excluding steroid dienone is 2. The molecule has 0 spiro atoms. The van der Waals surface area contributed by atoms with Crippen molar-refractivity contribution in [2.75, 3.05) is 12.0 Å². The lowest BCUT2D eigenvalue weighted by Gasteiger charge is -2.50. The number of carboxylic acid groups (broad SMARTS) is 1. The molecule has 3 fully saturated rings. The minimum Gasteiger partial charge on any atom is -0.505 e. The predicted molar refractivity (Wildman–Crippen MR) is 174 cm³/mol. The van der Waals surface area contributed by atoms with E-state index in [0.717, 1.165) is 17.0 Å². The highest BCUT2D eigenvalue weighted by atomic mass is 35.5. The van der Waals surface area contributed by atoms with E-state index >= 15 is 9.18 Å². The molecule has 4 aliphatic rings. The smallest absolute Gasteiger partial charge is 0.417 e. The first-order valence-corrected chi connectivity index (χ1v) is 16.7. The molecule has 3 aromatic rings. The summed E-state index contributed by atoms with van der Waals surface area (Å²) < 4.78 is 55.3. The number of halogens is 6. The van der Waals surface area contributed by atoms with Gasteiger partial charge in [-0.05, 0) is 60.2 Å². The van der Waals surface area contributed by atoms with E-state index in [1.807, 2.05) is 0 Å². The number of phenolic OH excluding ortho intramolecular Hbond substituents is 1. The second-order valence-corrected chi connectivity index (χ2v) is 13.9. The van der Waals surface area contributed by atoms with E-state index < -0.39 is 105 Å². The van der Waals surface area contributed by atoms with Gasteiger partial charge in [0.25, 0.3) is 11.8 Å². The number of likely N-dealkylation sites (tertiary alicyclic amines) is 1. The molecule has 2 aliphatic carbocycles. The van der Waals surface area contributed by atoms with E-state index in [-0.39, 0.29) is 35.5 Å². The van der Waals surface area contributed by atoms with Crippen molar-refractivity contribution in [1.82, 2.24) is 14.9 Å². The van der Waals surface area contributed by atoms with Crippen LogP contribution >= 0.6 is 23.2 Å². The number of amides is 4. The van der Waals surface area contributed by atoms with E-state index in [1.165, 1.54) is 30.3 Å². The monoisotopic (exact) mass is 760 g/mol. The summed E-state index contributed by atoms with van der Waals surface area (Å²) in [6.45, 7) is -0.372. The van der Waals surface area contributed by atoms with E-state index in [1.54, 1.807) is 6.08 Å². The number of anilines is 1. The van der Waals surface area contributed by atoms with Crippen LogP contribution in [0.4, 0.5) is 23.4 Å². The van der Waals surface area contributed by atoms with Crippen LogP contribution in [0.25, 0.3) is 0 Å². The van der Waals surface area contributed by atoms with E-state index in [9.17, 15) is 42.6 Å². The Morgan fingerprint density at radius 1 is 1.00 bits per heavy atom. The number of carbonyl (C=O) groups is 5. The van der Waals surface area contributed by atoms with Crippen LogP contribution in [-0.2, 0) is 35.6 Å². The van der Waals surface area contributed by atoms with Gasteiger partial charge >= 0.3 is 12.1 Å². The summed E-state index contributed by atoms with van der Waals surface area (Å²) in [5, 5.41) is 19.7. The van der Waals surface area contributed by atoms with Gasteiger partial charge in [-0.2, -0.15) is 18.2 Å². The molecule has 3 heterocycles. The van der Waals surface area contributed by atoms with Gasteiger partial charge in [-0.25, -0.2) is 9.37 Å². The van der Waals surface area contributed by atoms with E-state index in [4.69, 9.17) is 23.2 Å². The van der Waals surface area contributed by atoms with Crippen molar-refractivity contribution in [2.45, 2.75) is 36.8 Å². The van der Waals surface area contributed by atoms with Gasteiger partial charge in [-0.15, -0.1) is 0 Å². The van der Waals surface area contributed by atoms with Crippen LogP contribution in [0.3, 0.4) is 0 Å². The number of fused-ring (bicyclic) bond motifs is 4. The maximum absolute atomic E-state index is 15.2.